The molecule has 2 atom stereocenters. The van der Waals surface area contributed by atoms with Gasteiger partial charge in [0.1, 0.15) is 0 Å². The smallest absolute Gasteiger partial charge is 0.0251 e. The first-order chi connectivity index (χ1) is 5.84. The normalized spacial score (nSPS) is 26.0. The summed E-state index contributed by atoms with van der Waals surface area (Å²) in [5.41, 5.74) is 6.53. The van der Waals surface area contributed by atoms with Crippen LogP contribution in [0, 0.1) is 5.92 Å². The Balaban J connectivity index is 2.05. The van der Waals surface area contributed by atoms with Crippen LogP contribution in [0.1, 0.15) is 46.0 Å². The highest BCUT2D eigenvalue weighted by atomic mass is 15.4. The molecule has 1 saturated heterocycles. The van der Waals surface area contributed by atoms with E-state index in [-0.39, 0.29) is 0 Å². The van der Waals surface area contributed by atoms with Gasteiger partial charge in [0.25, 0.3) is 0 Å². The molecule has 0 bridgehead atoms. The third-order valence-electron chi connectivity index (χ3n) is 2.82. The predicted octanol–water partition coefficient (Wildman–Crippen LogP) is 2.07. The monoisotopic (exact) mass is 170 g/mol. The molecule has 2 nitrogen and oxygen atoms in total. The van der Waals surface area contributed by atoms with E-state index < -0.39 is 0 Å². The van der Waals surface area contributed by atoms with E-state index in [9.17, 15) is 0 Å². The first kappa shape index (κ1) is 10.0. The summed E-state index contributed by atoms with van der Waals surface area (Å²) >= 11 is 0. The van der Waals surface area contributed by atoms with Crippen LogP contribution in [0.3, 0.4) is 0 Å². The molecule has 2 heteroatoms. The van der Waals surface area contributed by atoms with Gasteiger partial charge in [-0.1, -0.05) is 33.1 Å². The number of hydrazine groups is 1. The maximum absolute atomic E-state index is 3.33. The molecule has 0 spiro atoms. The molecular weight excluding hydrogens is 148 g/mol. The Hall–Kier alpha value is -0.0800. The molecular formula is C10H22N2. The van der Waals surface area contributed by atoms with Gasteiger partial charge in [0.15, 0.2) is 0 Å². The number of unbranched alkanes of at least 4 members (excludes halogenated alkanes) is 2. The minimum absolute atomic E-state index is 0.724. The first-order valence-corrected chi connectivity index (χ1v) is 5.33. The molecule has 1 aliphatic heterocycles. The number of nitrogens with one attached hydrogen (secondary N) is 2. The third-order valence-corrected chi connectivity index (χ3v) is 2.82. The lowest BCUT2D eigenvalue weighted by atomic mass is 9.94. The van der Waals surface area contributed by atoms with Crippen molar-refractivity contribution in [3.8, 4) is 0 Å². The Bertz CT molecular complexity index is 108. The van der Waals surface area contributed by atoms with E-state index in [1.807, 2.05) is 0 Å². The van der Waals surface area contributed by atoms with Crippen molar-refractivity contribution in [2.24, 2.45) is 5.92 Å². The van der Waals surface area contributed by atoms with Gasteiger partial charge in [-0.2, -0.15) is 0 Å². The summed E-state index contributed by atoms with van der Waals surface area (Å²) in [4.78, 5) is 0. The highest BCUT2D eigenvalue weighted by Crippen LogP contribution is 2.16. The Labute approximate surface area is 76.1 Å². The minimum Gasteiger partial charge on any atom is -0.258 e. The van der Waals surface area contributed by atoms with Crippen molar-refractivity contribution >= 4 is 0 Å². The van der Waals surface area contributed by atoms with Crippen molar-refractivity contribution in [3.05, 3.63) is 0 Å². The van der Waals surface area contributed by atoms with Crippen molar-refractivity contribution in [1.29, 1.82) is 0 Å². The van der Waals surface area contributed by atoms with Gasteiger partial charge in [-0.3, -0.25) is 10.9 Å². The highest BCUT2D eigenvalue weighted by Gasteiger charge is 2.19. The van der Waals surface area contributed by atoms with E-state index in [2.05, 4.69) is 24.7 Å². The molecule has 72 valence electrons. The highest BCUT2D eigenvalue weighted by molar-refractivity contribution is 4.76. The number of hydrogen-bond acceptors (Lipinski definition) is 2. The van der Waals surface area contributed by atoms with Crippen LogP contribution < -0.4 is 10.9 Å². The van der Waals surface area contributed by atoms with Gasteiger partial charge in [0.2, 0.25) is 0 Å². The van der Waals surface area contributed by atoms with Crippen LogP contribution >= 0.6 is 0 Å². The van der Waals surface area contributed by atoms with Crippen molar-refractivity contribution in [1.82, 2.24) is 10.9 Å². The average Bonchev–Trinajstić information content (AvgIpc) is 2.56. The van der Waals surface area contributed by atoms with Crippen LogP contribution in [0.25, 0.3) is 0 Å². The second-order valence-electron chi connectivity index (χ2n) is 3.94. The van der Waals surface area contributed by atoms with Gasteiger partial charge in [-0.05, 0) is 18.8 Å². The van der Waals surface area contributed by atoms with E-state index in [0.717, 1.165) is 18.5 Å². The standard InChI is InChI=1S/C10H22N2/c1-3-4-5-6-9(2)10-7-8-11-12-10/h9-12H,3-8H2,1-2H3. The lowest BCUT2D eigenvalue weighted by Gasteiger charge is -2.18. The van der Waals surface area contributed by atoms with Gasteiger partial charge in [0, 0.05) is 12.6 Å². The average molecular weight is 170 g/mol. The fraction of sp³-hybridized carbons (Fsp3) is 1.00. The Morgan fingerprint density at radius 3 is 2.83 bits per heavy atom. The molecule has 12 heavy (non-hydrogen) atoms. The molecule has 1 heterocycles. The molecule has 0 saturated carbocycles. The Kier molecular flexibility index (Phi) is 4.62. The quantitative estimate of drug-likeness (QED) is 0.617. The van der Waals surface area contributed by atoms with Crippen LogP contribution in [0.5, 0.6) is 0 Å². The molecule has 0 aliphatic carbocycles. The van der Waals surface area contributed by atoms with Crippen molar-refractivity contribution in [2.45, 2.75) is 52.0 Å². The van der Waals surface area contributed by atoms with E-state index in [1.165, 1.54) is 32.1 Å². The summed E-state index contributed by atoms with van der Waals surface area (Å²) in [6.45, 7) is 5.77. The summed E-state index contributed by atoms with van der Waals surface area (Å²) in [6, 6.07) is 0.724. The molecule has 0 aromatic carbocycles. The molecule has 0 aromatic heterocycles. The van der Waals surface area contributed by atoms with Crippen LogP contribution in [0.4, 0.5) is 0 Å². The van der Waals surface area contributed by atoms with E-state index in [1.54, 1.807) is 0 Å². The predicted molar refractivity (Wildman–Crippen MR) is 52.8 cm³/mol. The summed E-state index contributed by atoms with van der Waals surface area (Å²) < 4.78 is 0. The van der Waals surface area contributed by atoms with E-state index in [4.69, 9.17) is 0 Å². The largest absolute Gasteiger partial charge is 0.258 e. The van der Waals surface area contributed by atoms with Gasteiger partial charge >= 0.3 is 0 Å². The van der Waals surface area contributed by atoms with Crippen molar-refractivity contribution in [3.63, 3.8) is 0 Å². The Morgan fingerprint density at radius 2 is 2.25 bits per heavy atom. The SMILES string of the molecule is CCCCCC(C)C1CCNN1. The molecule has 1 aliphatic rings. The molecule has 0 amide bonds. The van der Waals surface area contributed by atoms with Crippen LogP contribution in [0.15, 0.2) is 0 Å². The fourth-order valence-corrected chi connectivity index (χ4v) is 1.85. The van der Waals surface area contributed by atoms with Crippen molar-refractivity contribution < 1.29 is 0 Å². The lowest BCUT2D eigenvalue weighted by molar-refractivity contribution is 0.369. The minimum atomic E-state index is 0.724. The first-order valence-electron chi connectivity index (χ1n) is 5.33. The summed E-state index contributed by atoms with van der Waals surface area (Å²) in [5.74, 6) is 0.839. The maximum atomic E-state index is 3.33. The second kappa shape index (κ2) is 5.55. The molecule has 0 radical (unpaired) electrons. The van der Waals surface area contributed by atoms with E-state index >= 15 is 0 Å². The number of hydrogen-bond donors (Lipinski definition) is 2. The van der Waals surface area contributed by atoms with Gasteiger partial charge in [0.05, 0.1) is 0 Å². The second-order valence-corrected chi connectivity index (χ2v) is 3.94. The molecule has 0 aromatic rings. The zero-order chi connectivity index (χ0) is 8.81. The summed E-state index contributed by atoms with van der Waals surface area (Å²) in [5, 5.41) is 0. The Morgan fingerprint density at radius 1 is 1.42 bits per heavy atom. The van der Waals surface area contributed by atoms with Crippen molar-refractivity contribution in [2.75, 3.05) is 6.54 Å². The van der Waals surface area contributed by atoms with Gasteiger partial charge < -0.3 is 0 Å². The molecule has 2 N–H and O–H groups in total. The zero-order valence-electron chi connectivity index (χ0n) is 8.40. The zero-order valence-corrected chi connectivity index (χ0v) is 8.40. The van der Waals surface area contributed by atoms with Gasteiger partial charge in [-0.15, -0.1) is 0 Å². The van der Waals surface area contributed by atoms with Gasteiger partial charge in [-0.25, -0.2) is 0 Å². The van der Waals surface area contributed by atoms with Crippen LogP contribution in [-0.4, -0.2) is 12.6 Å². The molecule has 1 fully saturated rings. The lowest BCUT2D eigenvalue weighted by Crippen LogP contribution is -2.34. The summed E-state index contributed by atoms with van der Waals surface area (Å²) in [6.07, 6.45) is 6.81. The number of rotatable bonds is 5. The summed E-state index contributed by atoms with van der Waals surface area (Å²) in [7, 11) is 0. The van der Waals surface area contributed by atoms with Crippen LogP contribution in [0.2, 0.25) is 0 Å². The maximum Gasteiger partial charge on any atom is 0.0251 e. The molecule has 2 unspecified atom stereocenters. The third kappa shape index (κ3) is 3.11. The van der Waals surface area contributed by atoms with E-state index in [0.29, 0.717) is 0 Å². The van der Waals surface area contributed by atoms with Crippen LogP contribution in [-0.2, 0) is 0 Å². The molecule has 1 rings (SSSR count). The fourth-order valence-electron chi connectivity index (χ4n) is 1.85. The topological polar surface area (TPSA) is 24.1 Å².